The summed E-state index contributed by atoms with van der Waals surface area (Å²) >= 11 is 6.25. The molecule has 8 heteroatoms. The lowest BCUT2D eigenvalue weighted by atomic mass is 9.77. The van der Waals surface area contributed by atoms with Gasteiger partial charge < -0.3 is 24.7 Å². The number of benzene rings is 2. The highest BCUT2D eigenvalue weighted by atomic mass is 35.5. The van der Waals surface area contributed by atoms with Gasteiger partial charge in [0.25, 0.3) is 0 Å². The lowest BCUT2D eigenvalue weighted by Gasteiger charge is -2.32. The first-order valence-corrected chi connectivity index (χ1v) is 11.5. The van der Waals surface area contributed by atoms with Crippen molar-refractivity contribution in [1.29, 1.82) is 0 Å². The van der Waals surface area contributed by atoms with Crippen molar-refractivity contribution in [3.8, 4) is 11.5 Å². The van der Waals surface area contributed by atoms with Crippen LogP contribution in [0.3, 0.4) is 0 Å². The average Bonchev–Trinajstić information content (AvgIpc) is 2.83. The van der Waals surface area contributed by atoms with Crippen molar-refractivity contribution in [3.05, 3.63) is 81.4 Å². The lowest BCUT2D eigenvalue weighted by Crippen LogP contribution is -2.31. The van der Waals surface area contributed by atoms with E-state index in [2.05, 4.69) is 0 Å². The fourth-order valence-electron chi connectivity index (χ4n) is 4.26. The van der Waals surface area contributed by atoms with Crippen molar-refractivity contribution < 1.29 is 28.5 Å². The first-order valence-electron chi connectivity index (χ1n) is 11.1. The fourth-order valence-corrected chi connectivity index (χ4v) is 4.45. The molecule has 2 aromatic carbocycles. The minimum absolute atomic E-state index is 0.0534. The zero-order chi connectivity index (χ0) is 24.2. The molecular formula is C26H26ClNO6. The molecule has 2 aromatic rings. The zero-order valence-corrected chi connectivity index (χ0v) is 19.8. The SMILES string of the molecule is CCOc1cc([C@H]2C(C(=O)OC)=C(N)OC3=C2C(=O)CCC3)ccc1OCc1ccccc1Cl. The van der Waals surface area contributed by atoms with Crippen LogP contribution in [-0.2, 0) is 25.7 Å². The third-order valence-corrected chi connectivity index (χ3v) is 6.20. The van der Waals surface area contributed by atoms with Gasteiger partial charge in [0.05, 0.1) is 19.6 Å². The molecule has 1 heterocycles. The van der Waals surface area contributed by atoms with Crippen molar-refractivity contribution >= 4 is 23.4 Å². The number of nitrogens with two attached hydrogens (primary N) is 1. The van der Waals surface area contributed by atoms with Crippen LogP contribution in [0.25, 0.3) is 0 Å². The van der Waals surface area contributed by atoms with Gasteiger partial charge in [0, 0.05) is 29.0 Å². The van der Waals surface area contributed by atoms with Crippen LogP contribution in [0, 0.1) is 0 Å². The molecule has 0 aromatic heterocycles. The van der Waals surface area contributed by atoms with Crippen LogP contribution in [0.15, 0.2) is 65.3 Å². The first kappa shape index (κ1) is 23.7. The Hall–Kier alpha value is -3.45. The summed E-state index contributed by atoms with van der Waals surface area (Å²) in [6, 6.07) is 12.7. The number of carbonyl (C=O) groups is 2. The molecule has 0 unspecified atom stereocenters. The molecule has 7 nitrogen and oxygen atoms in total. The lowest BCUT2D eigenvalue weighted by molar-refractivity contribution is -0.136. The standard InChI is InChI=1S/C26H26ClNO6/c1-3-32-21-13-15(11-12-19(21)33-14-16-7-4-5-8-17(16)27)22-23-18(29)9-6-10-20(23)34-25(28)24(22)26(30)31-2/h4-5,7-8,11-13,22H,3,6,9-10,14,28H2,1-2H3/t22-/m1/s1. The minimum Gasteiger partial charge on any atom is -0.490 e. The van der Waals surface area contributed by atoms with Crippen molar-refractivity contribution in [2.75, 3.05) is 13.7 Å². The largest absolute Gasteiger partial charge is 0.490 e. The summed E-state index contributed by atoms with van der Waals surface area (Å²) < 4.78 is 22.5. The van der Waals surface area contributed by atoms with E-state index in [0.29, 0.717) is 59.3 Å². The smallest absolute Gasteiger partial charge is 0.340 e. The molecule has 0 saturated carbocycles. The number of allylic oxidation sites excluding steroid dienone is 2. The molecule has 0 bridgehead atoms. The number of Topliss-reactive ketones (excluding diaryl/α,β-unsaturated/α-hetero) is 1. The average molecular weight is 484 g/mol. The monoisotopic (exact) mass is 483 g/mol. The van der Waals surface area contributed by atoms with Crippen LogP contribution in [0.1, 0.15) is 43.2 Å². The molecule has 1 aliphatic heterocycles. The second-order valence-electron chi connectivity index (χ2n) is 7.94. The van der Waals surface area contributed by atoms with Gasteiger partial charge in [-0.1, -0.05) is 35.9 Å². The summed E-state index contributed by atoms with van der Waals surface area (Å²) in [6.07, 6.45) is 1.62. The number of hydrogen-bond acceptors (Lipinski definition) is 7. The van der Waals surface area contributed by atoms with E-state index in [4.69, 9.17) is 36.3 Å². The molecule has 1 atom stereocenters. The molecule has 2 N–H and O–H groups in total. The van der Waals surface area contributed by atoms with Gasteiger partial charge in [0.1, 0.15) is 17.9 Å². The summed E-state index contributed by atoms with van der Waals surface area (Å²) in [6.45, 7) is 2.51. The maximum absolute atomic E-state index is 12.9. The van der Waals surface area contributed by atoms with E-state index < -0.39 is 11.9 Å². The number of esters is 1. The van der Waals surface area contributed by atoms with E-state index in [1.165, 1.54) is 7.11 Å². The molecule has 0 amide bonds. The Kier molecular flexibility index (Phi) is 7.12. The highest BCUT2D eigenvalue weighted by molar-refractivity contribution is 6.31. The molecule has 2 aliphatic rings. The quantitative estimate of drug-likeness (QED) is 0.566. The predicted molar refractivity (Wildman–Crippen MR) is 126 cm³/mol. The Morgan fingerprint density at radius 1 is 1.15 bits per heavy atom. The Balaban J connectivity index is 1.74. The van der Waals surface area contributed by atoms with Gasteiger partial charge in [-0.3, -0.25) is 4.79 Å². The number of ether oxygens (including phenoxy) is 4. The molecule has 0 spiro atoms. The maximum Gasteiger partial charge on any atom is 0.340 e. The van der Waals surface area contributed by atoms with Crippen LogP contribution in [-0.4, -0.2) is 25.5 Å². The minimum atomic E-state index is -0.721. The summed E-state index contributed by atoms with van der Waals surface area (Å²) in [5.74, 6) is -0.00168. The zero-order valence-electron chi connectivity index (χ0n) is 19.1. The van der Waals surface area contributed by atoms with Crippen molar-refractivity contribution in [3.63, 3.8) is 0 Å². The Morgan fingerprint density at radius 2 is 1.94 bits per heavy atom. The summed E-state index contributed by atoms with van der Waals surface area (Å²) in [4.78, 5) is 25.6. The van der Waals surface area contributed by atoms with Crippen LogP contribution in [0.2, 0.25) is 5.02 Å². The van der Waals surface area contributed by atoms with Gasteiger partial charge in [-0.25, -0.2) is 4.79 Å². The molecule has 34 heavy (non-hydrogen) atoms. The van der Waals surface area contributed by atoms with E-state index in [1.54, 1.807) is 24.3 Å². The fraction of sp³-hybridized carbons (Fsp3) is 0.308. The number of ketones is 1. The van der Waals surface area contributed by atoms with E-state index >= 15 is 0 Å². The molecule has 1 aliphatic carbocycles. The normalized spacial score (nSPS) is 17.7. The maximum atomic E-state index is 12.9. The van der Waals surface area contributed by atoms with Crippen molar-refractivity contribution in [2.24, 2.45) is 5.73 Å². The Morgan fingerprint density at radius 3 is 2.68 bits per heavy atom. The van der Waals surface area contributed by atoms with Gasteiger partial charge >= 0.3 is 5.97 Å². The summed E-state index contributed by atoms with van der Waals surface area (Å²) in [5.41, 5.74) is 8.16. The van der Waals surface area contributed by atoms with Gasteiger partial charge in [0.2, 0.25) is 5.88 Å². The highest BCUT2D eigenvalue weighted by Crippen LogP contribution is 2.45. The molecule has 0 radical (unpaired) electrons. The number of halogens is 1. The van der Waals surface area contributed by atoms with E-state index in [0.717, 1.165) is 5.56 Å². The third kappa shape index (κ3) is 4.61. The summed E-state index contributed by atoms with van der Waals surface area (Å²) in [5, 5.41) is 0.609. The second kappa shape index (κ2) is 10.2. The van der Waals surface area contributed by atoms with Gasteiger partial charge in [-0.15, -0.1) is 0 Å². The number of rotatable bonds is 7. The third-order valence-electron chi connectivity index (χ3n) is 5.83. The first-order chi connectivity index (χ1) is 16.4. The molecule has 0 fully saturated rings. The number of methoxy groups -OCH3 is 1. The predicted octanol–water partition coefficient (Wildman–Crippen LogP) is 4.78. The van der Waals surface area contributed by atoms with Crippen LogP contribution >= 0.6 is 11.6 Å². The highest BCUT2D eigenvalue weighted by Gasteiger charge is 2.41. The number of carbonyl (C=O) groups excluding carboxylic acids is 2. The molecule has 178 valence electrons. The second-order valence-corrected chi connectivity index (χ2v) is 8.34. The van der Waals surface area contributed by atoms with Gasteiger partial charge in [0.15, 0.2) is 17.3 Å². The number of hydrogen-bond donors (Lipinski definition) is 1. The van der Waals surface area contributed by atoms with Crippen molar-refractivity contribution in [2.45, 2.75) is 38.7 Å². The topological polar surface area (TPSA) is 97.1 Å². The van der Waals surface area contributed by atoms with E-state index in [-0.39, 0.29) is 23.8 Å². The molecule has 0 saturated heterocycles. The summed E-state index contributed by atoms with van der Waals surface area (Å²) in [7, 11) is 1.27. The molecule has 4 rings (SSSR count). The van der Waals surface area contributed by atoms with Crippen LogP contribution < -0.4 is 15.2 Å². The van der Waals surface area contributed by atoms with E-state index in [9.17, 15) is 9.59 Å². The van der Waals surface area contributed by atoms with Crippen LogP contribution in [0.5, 0.6) is 11.5 Å². The van der Waals surface area contributed by atoms with Crippen LogP contribution in [0.4, 0.5) is 0 Å². The van der Waals surface area contributed by atoms with Crippen molar-refractivity contribution in [1.82, 2.24) is 0 Å². The van der Waals surface area contributed by atoms with Gasteiger partial charge in [-0.2, -0.15) is 0 Å². The Bertz CT molecular complexity index is 1190. The molecular weight excluding hydrogens is 458 g/mol. The van der Waals surface area contributed by atoms with Gasteiger partial charge in [-0.05, 0) is 37.1 Å². The van der Waals surface area contributed by atoms with E-state index in [1.807, 2.05) is 25.1 Å². The Labute approximate surface area is 203 Å².